The Morgan fingerprint density at radius 3 is 2.93 bits per heavy atom. The molecule has 0 aromatic heterocycles. The van der Waals surface area contributed by atoms with Gasteiger partial charge in [0.05, 0.1) is 6.61 Å². The SMILES string of the molecule is OCCN1CC[C@]2(CC[C@@H](CCl)C2)C1. The average Bonchev–Trinajstić information content (AvgIpc) is 2.76. The minimum atomic E-state index is 0.301. The van der Waals surface area contributed by atoms with E-state index in [0.29, 0.717) is 12.0 Å². The number of alkyl halides is 1. The maximum atomic E-state index is 8.89. The van der Waals surface area contributed by atoms with Crippen LogP contribution in [-0.4, -0.2) is 42.1 Å². The number of likely N-dealkylation sites (tertiary alicyclic amines) is 1. The highest BCUT2D eigenvalue weighted by atomic mass is 35.5. The monoisotopic (exact) mass is 217 g/mol. The first-order valence-electron chi connectivity index (χ1n) is 5.67. The maximum Gasteiger partial charge on any atom is 0.0558 e. The van der Waals surface area contributed by atoms with Crippen LogP contribution >= 0.6 is 11.6 Å². The largest absolute Gasteiger partial charge is 0.395 e. The third-order valence-electron chi connectivity index (χ3n) is 3.96. The van der Waals surface area contributed by atoms with Crippen molar-refractivity contribution in [2.75, 3.05) is 32.1 Å². The highest BCUT2D eigenvalue weighted by Gasteiger charge is 2.43. The molecule has 0 bridgehead atoms. The number of hydrogen-bond donors (Lipinski definition) is 1. The number of nitrogens with zero attached hydrogens (tertiary/aromatic N) is 1. The molecule has 0 unspecified atom stereocenters. The molecule has 1 saturated carbocycles. The van der Waals surface area contributed by atoms with Crippen LogP contribution in [0.1, 0.15) is 25.7 Å². The van der Waals surface area contributed by atoms with Gasteiger partial charge >= 0.3 is 0 Å². The van der Waals surface area contributed by atoms with Gasteiger partial charge < -0.3 is 10.0 Å². The molecule has 82 valence electrons. The van der Waals surface area contributed by atoms with E-state index < -0.39 is 0 Å². The topological polar surface area (TPSA) is 23.5 Å². The lowest BCUT2D eigenvalue weighted by Gasteiger charge is -2.23. The summed E-state index contributed by atoms with van der Waals surface area (Å²) in [6.45, 7) is 3.53. The van der Waals surface area contributed by atoms with Crippen molar-refractivity contribution in [2.24, 2.45) is 11.3 Å². The second-order valence-electron chi connectivity index (χ2n) is 5.01. The Labute approximate surface area is 91.2 Å². The van der Waals surface area contributed by atoms with Crippen LogP contribution in [0.3, 0.4) is 0 Å². The second kappa shape index (κ2) is 4.38. The number of hydrogen-bond acceptors (Lipinski definition) is 2. The highest BCUT2D eigenvalue weighted by molar-refractivity contribution is 6.18. The van der Waals surface area contributed by atoms with Gasteiger partial charge in [-0.1, -0.05) is 0 Å². The van der Waals surface area contributed by atoms with E-state index in [2.05, 4.69) is 4.90 Å². The summed E-state index contributed by atoms with van der Waals surface area (Å²) in [6.07, 6.45) is 5.31. The summed E-state index contributed by atoms with van der Waals surface area (Å²) >= 11 is 5.91. The van der Waals surface area contributed by atoms with E-state index in [1.807, 2.05) is 0 Å². The summed E-state index contributed by atoms with van der Waals surface area (Å²) in [4.78, 5) is 2.40. The normalized spacial score (nSPS) is 38.6. The minimum absolute atomic E-state index is 0.301. The fraction of sp³-hybridized carbons (Fsp3) is 1.00. The van der Waals surface area contributed by atoms with E-state index >= 15 is 0 Å². The summed E-state index contributed by atoms with van der Waals surface area (Å²) in [5.41, 5.74) is 0.564. The van der Waals surface area contributed by atoms with E-state index in [-0.39, 0.29) is 0 Å². The van der Waals surface area contributed by atoms with Gasteiger partial charge in [0.25, 0.3) is 0 Å². The van der Waals surface area contributed by atoms with Crippen LogP contribution in [0.2, 0.25) is 0 Å². The van der Waals surface area contributed by atoms with Crippen molar-refractivity contribution >= 4 is 11.6 Å². The molecule has 0 aromatic rings. The molecule has 2 atom stereocenters. The quantitative estimate of drug-likeness (QED) is 0.728. The molecule has 1 heterocycles. The molecular weight excluding hydrogens is 198 g/mol. The first-order valence-corrected chi connectivity index (χ1v) is 6.21. The lowest BCUT2D eigenvalue weighted by molar-refractivity contribution is 0.199. The molecule has 14 heavy (non-hydrogen) atoms. The Morgan fingerprint density at radius 2 is 2.29 bits per heavy atom. The molecule has 1 aliphatic heterocycles. The van der Waals surface area contributed by atoms with E-state index in [0.717, 1.165) is 18.3 Å². The molecule has 1 N–H and O–H groups in total. The van der Waals surface area contributed by atoms with E-state index in [9.17, 15) is 0 Å². The van der Waals surface area contributed by atoms with Gasteiger partial charge in [0.15, 0.2) is 0 Å². The highest BCUT2D eigenvalue weighted by Crippen LogP contribution is 2.48. The second-order valence-corrected chi connectivity index (χ2v) is 5.32. The van der Waals surface area contributed by atoms with Crippen LogP contribution in [0.4, 0.5) is 0 Å². The molecule has 2 rings (SSSR count). The van der Waals surface area contributed by atoms with Crippen LogP contribution < -0.4 is 0 Å². The molecule has 1 saturated heterocycles. The molecule has 0 aromatic carbocycles. The fourth-order valence-corrected chi connectivity index (χ4v) is 3.45. The maximum absolute atomic E-state index is 8.89. The van der Waals surface area contributed by atoms with Crippen LogP contribution in [0.5, 0.6) is 0 Å². The Morgan fingerprint density at radius 1 is 1.43 bits per heavy atom. The molecule has 2 nitrogen and oxygen atoms in total. The molecule has 0 amide bonds. The van der Waals surface area contributed by atoms with E-state index in [1.165, 1.54) is 38.8 Å². The minimum Gasteiger partial charge on any atom is -0.395 e. The Kier molecular flexibility index (Phi) is 3.35. The summed E-state index contributed by atoms with van der Waals surface area (Å²) < 4.78 is 0. The standard InChI is InChI=1S/C11H20ClNO/c12-8-10-1-2-11(7-10)3-4-13(9-11)5-6-14/h10,14H,1-9H2/t10-,11+/m1/s1. The predicted octanol–water partition coefficient (Wildman–Crippen LogP) is 1.71. The van der Waals surface area contributed by atoms with Crippen LogP contribution in [0, 0.1) is 11.3 Å². The van der Waals surface area contributed by atoms with Gasteiger partial charge in [0.1, 0.15) is 0 Å². The van der Waals surface area contributed by atoms with Crippen LogP contribution in [0.15, 0.2) is 0 Å². The van der Waals surface area contributed by atoms with Crippen LogP contribution in [-0.2, 0) is 0 Å². The molecule has 2 fully saturated rings. The van der Waals surface area contributed by atoms with Gasteiger partial charge in [-0.05, 0) is 43.6 Å². The first-order chi connectivity index (χ1) is 6.78. The molecule has 2 aliphatic rings. The molecule has 3 heteroatoms. The number of β-amino-alcohol motifs (C(OH)–C–C–N with tert-alkyl or cyclic N) is 1. The number of aliphatic hydroxyl groups is 1. The zero-order valence-electron chi connectivity index (χ0n) is 8.71. The molecule has 1 spiro atoms. The van der Waals surface area contributed by atoms with Crippen molar-refractivity contribution in [1.29, 1.82) is 0 Å². The average molecular weight is 218 g/mol. The van der Waals surface area contributed by atoms with Crippen molar-refractivity contribution in [3.63, 3.8) is 0 Å². The van der Waals surface area contributed by atoms with Crippen molar-refractivity contribution in [1.82, 2.24) is 4.90 Å². The third kappa shape index (κ3) is 2.07. The van der Waals surface area contributed by atoms with Gasteiger partial charge in [-0.25, -0.2) is 0 Å². The number of rotatable bonds is 3. The lowest BCUT2D eigenvalue weighted by atomic mass is 9.85. The van der Waals surface area contributed by atoms with Gasteiger partial charge in [-0.3, -0.25) is 0 Å². The summed E-state index contributed by atoms with van der Waals surface area (Å²) in [7, 11) is 0. The lowest BCUT2D eigenvalue weighted by Crippen LogP contribution is -2.27. The zero-order valence-corrected chi connectivity index (χ0v) is 9.47. The summed E-state index contributed by atoms with van der Waals surface area (Å²) in [6, 6.07) is 0. The van der Waals surface area contributed by atoms with Gasteiger partial charge in [0.2, 0.25) is 0 Å². The van der Waals surface area contributed by atoms with Crippen molar-refractivity contribution in [3.8, 4) is 0 Å². The Hall–Kier alpha value is 0.210. The predicted molar refractivity (Wildman–Crippen MR) is 58.6 cm³/mol. The summed E-state index contributed by atoms with van der Waals surface area (Å²) in [5.74, 6) is 1.59. The van der Waals surface area contributed by atoms with E-state index in [1.54, 1.807) is 0 Å². The summed E-state index contributed by atoms with van der Waals surface area (Å²) in [5, 5.41) is 8.89. The van der Waals surface area contributed by atoms with Crippen molar-refractivity contribution < 1.29 is 5.11 Å². The third-order valence-corrected chi connectivity index (χ3v) is 4.39. The van der Waals surface area contributed by atoms with E-state index in [4.69, 9.17) is 16.7 Å². The van der Waals surface area contributed by atoms with Crippen molar-refractivity contribution in [2.45, 2.75) is 25.7 Å². The molecule has 1 aliphatic carbocycles. The van der Waals surface area contributed by atoms with Gasteiger partial charge in [0, 0.05) is 19.0 Å². The van der Waals surface area contributed by atoms with Gasteiger partial charge in [-0.2, -0.15) is 0 Å². The van der Waals surface area contributed by atoms with Crippen LogP contribution in [0.25, 0.3) is 0 Å². The van der Waals surface area contributed by atoms with Crippen molar-refractivity contribution in [3.05, 3.63) is 0 Å². The first kappa shape index (κ1) is 10.7. The number of halogens is 1. The smallest absolute Gasteiger partial charge is 0.0558 e. The van der Waals surface area contributed by atoms with Gasteiger partial charge in [-0.15, -0.1) is 11.6 Å². The Balaban J connectivity index is 1.87. The fourth-order valence-electron chi connectivity index (χ4n) is 3.19. The number of aliphatic hydroxyl groups excluding tert-OH is 1. The molecular formula is C11H20ClNO. The zero-order chi connectivity index (χ0) is 10.0. The Bertz CT molecular complexity index is 200. The molecule has 0 radical (unpaired) electrons.